The average Bonchev–Trinajstić information content (AvgIpc) is 3.45. The Bertz CT molecular complexity index is 932. The Labute approximate surface area is 165 Å². The molecule has 7 heteroatoms. The van der Waals surface area contributed by atoms with Crippen molar-refractivity contribution in [3.63, 3.8) is 0 Å². The van der Waals surface area contributed by atoms with Crippen LogP contribution < -0.4 is 0 Å². The highest BCUT2D eigenvalue weighted by Crippen LogP contribution is 2.42. The Balaban J connectivity index is 1.43. The third-order valence-electron chi connectivity index (χ3n) is 6.52. The highest BCUT2D eigenvalue weighted by molar-refractivity contribution is 5.57. The van der Waals surface area contributed by atoms with Gasteiger partial charge < -0.3 is 8.98 Å². The maximum Gasteiger partial charge on any atom is 0.129 e. The summed E-state index contributed by atoms with van der Waals surface area (Å²) in [6.45, 7) is 8.54. The number of nitrogens with zero attached hydrogens (tertiary/aromatic N) is 6. The summed E-state index contributed by atoms with van der Waals surface area (Å²) in [6, 6.07) is 2.07. The summed E-state index contributed by atoms with van der Waals surface area (Å²) in [5.74, 6) is 1.24. The monoisotopic (exact) mass is 380 g/mol. The first-order valence-corrected chi connectivity index (χ1v) is 10.2. The van der Waals surface area contributed by atoms with Crippen molar-refractivity contribution < 1.29 is 4.42 Å². The van der Waals surface area contributed by atoms with E-state index in [0.717, 1.165) is 57.7 Å². The number of rotatable bonds is 4. The van der Waals surface area contributed by atoms with Crippen molar-refractivity contribution in [2.45, 2.75) is 38.4 Å². The van der Waals surface area contributed by atoms with E-state index >= 15 is 0 Å². The lowest BCUT2D eigenvalue weighted by Crippen LogP contribution is -2.57. The van der Waals surface area contributed by atoms with E-state index < -0.39 is 0 Å². The van der Waals surface area contributed by atoms with Crippen LogP contribution in [0.15, 0.2) is 41.6 Å². The molecule has 1 spiro atoms. The Hall–Kier alpha value is -2.38. The van der Waals surface area contributed by atoms with Crippen molar-refractivity contribution in [1.82, 2.24) is 29.1 Å². The molecular formula is C21H28N6O. The first kappa shape index (κ1) is 17.7. The third-order valence-corrected chi connectivity index (χ3v) is 6.52. The molecule has 148 valence electrons. The van der Waals surface area contributed by atoms with Gasteiger partial charge in [-0.1, -0.05) is 6.92 Å². The summed E-state index contributed by atoms with van der Waals surface area (Å²) in [4.78, 5) is 10.2. The van der Waals surface area contributed by atoms with Crippen LogP contribution in [0.2, 0.25) is 0 Å². The maximum atomic E-state index is 5.24. The molecule has 0 amide bonds. The number of likely N-dealkylation sites (N-methyl/N-ethyl adjacent to an activating group) is 1. The molecule has 0 aromatic carbocycles. The molecule has 5 heterocycles. The van der Waals surface area contributed by atoms with Gasteiger partial charge in [0.2, 0.25) is 0 Å². The first-order valence-electron chi connectivity index (χ1n) is 10.2. The molecule has 2 aliphatic heterocycles. The number of imidazole rings is 1. The second kappa shape index (κ2) is 6.90. The van der Waals surface area contributed by atoms with Gasteiger partial charge in [-0.05, 0) is 25.5 Å². The van der Waals surface area contributed by atoms with Crippen LogP contribution in [-0.4, -0.2) is 55.3 Å². The van der Waals surface area contributed by atoms with Gasteiger partial charge in [-0.25, -0.2) is 4.98 Å². The van der Waals surface area contributed by atoms with Gasteiger partial charge in [0, 0.05) is 57.1 Å². The zero-order valence-corrected chi connectivity index (χ0v) is 16.7. The number of fused-ring (bicyclic) bond motifs is 2. The number of hydrogen-bond acceptors (Lipinski definition) is 5. The second-order valence-electron chi connectivity index (χ2n) is 8.04. The number of aromatic nitrogens is 4. The van der Waals surface area contributed by atoms with Crippen molar-refractivity contribution in [2.24, 2.45) is 7.05 Å². The van der Waals surface area contributed by atoms with Crippen LogP contribution in [0.25, 0.3) is 11.3 Å². The zero-order valence-electron chi connectivity index (χ0n) is 16.7. The Kier molecular flexibility index (Phi) is 4.36. The van der Waals surface area contributed by atoms with Crippen LogP contribution >= 0.6 is 0 Å². The quantitative estimate of drug-likeness (QED) is 0.697. The fourth-order valence-electron chi connectivity index (χ4n) is 5.06. The van der Waals surface area contributed by atoms with Crippen molar-refractivity contribution in [3.05, 3.63) is 48.6 Å². The lowest BCUT2D eigenvalue weighted by Gasteiger charge is -2.50. The van der Waals surface area contributed by atoms with E-state index in [1.54, 1.807) is 6.26 Å². The Morgan fingerprint density at radius 1 is 1.14 bits per heavy atom. The highest BCUT2D eigenvalue weighted by atomic mass is 16.3. The predicted molar refractivity (Wildman–Crippen MR) is 107 cm³/mol. The van der Waals surface area contributed by atoms with Crippen LogP contribution in [0.4, 0.5) is 0 Å². The molecule has 3 aromatic heterocycles. The van der Waals surface area contributed by atoms with E-state index in [4.69, 9.17) is 9.40 Å². The molecule has 3 aromatic rings. The van der Waals surface area contributed by atoms with Gasteiger partial charge in [0.05, 0.1) is 36.2 Å². The maximum absolute atomic E-state index is 5.24. The Morgan fingerprint density at radius 2 is 2.00 bits per heavy atom. The number of furan rings is 1. The second-order valence-corrected chi connectivity index (χ2v) is 8.04. The molecule has 7 nitrogen and oxygen atoms in total. The van der Waals surface area contributed by atoms with E-state index in [0.29, 0.717) is 0 Å². The summed E-state index contributed by atoms with van der Waals surface area (Å²) >= 11 is 0. The van der Waals surface area contributed by atoms with Crippen molar-refractivity contribution >= 4 is 0 Å². The molecule has 0 aliphatic carbocycles. The summed E-state index contributed by atoms with van der Waals surface area (Å²) in [5, 5.41) is 4.35. The third kappa shape index (κ3) is 2.81. The first-order chi connectivity index (χ1) is 13.7. The largest absolute Gasteiger partial charge is 0.472 e. The predicted octanol–water partition coefficient (Wildman–Crippen LogP) is 2.70. The fourth-order valence-corrected chi connectivity index (χ4v) is 5.06. The fraction of sp³-hybridized carbons (Fsp3) is 0.524. The van der Waals surface area contributed by atoms with E-state index in [1.165, 1.54) is 17.1 Å². The molecule has 0 unspecified atom stereocenters. The van der Waals surface area contributed by atoms with Crippen LogP contribution in [-0.2, 0) is 25.7 Å². The molecule has 0 N–H and O–H groups in total. The average molecular weight is 380 g/mol. The summed E-state index contributed by atoms with van der Waals surface area (Å²) in [6.07, 6.45) is 11.9. The summed E-state index contributed by atoms with van der Waals surface area (Å²) in [5.41, 5.74) is 3.64. The van der Waals surface area contributed by atoms with Crippen molar-refractivity contribution in [1.29, 1.82) is 0 Å². The molecule has 2 aliphatic rings. The Morgan fingerprint density at radius 3 is 2.68 bits per heavy atom. The van der Waals surface area contributed by atoms with Crippen LogP contribution in [0.1, 0.15) is 31.2 Å². The van der Waals surface area contributed by atoms with Gasteiger partial charge in [-0.2, -0.15) is 5.10 Å². The lowest BCUT2D eigenvalue weighted by atomic mass is 9.83. The number of likely N-dealkylation sites (tertiary alicyclic amines) is 1. The summed E-state index contributed by atoms with van der Waals surface area (Å²) in [7, 11) is 1.97. The van der Waals surface area contributed by atoms with Crippen LogP contribution in [0.5, 0.6) is 0 Å². The number of aryl methyl sites for hydroxylation is 1. The minimum atomic E-state index is 0.0420. The lowest BCUT2D eigenvalue weighted by molar-refractivity contribution is -0.00775. The van der Waals surface area contributed by atoms with Gasteiger partial charge >= 0.3 is 0 Å². The van der Waals surface area contributed by atoms with Gasteiger partial charge in [0.15, 0.2) is 0 Å². The standard InChI is InChI=1S/C21H28N6O/c1-3-26-9-10-27-19(18-12-23-24(2)15-18)13-22-20(27)21(26)5-7-25(8-6-21)14-17-4-11-28-16-17/h4,11-13,15-16H,3,5-10,14H2,1-2H3. The van der Waals surface area contributed by atoms with Gasteiger partial charge in [0.25, 0.3) is 0 Å². The van der Waals surface area contributed by atoms with E-state index in [-0.39, 0.29) is 5.54 Å². The minimum absolute atomic E-state index is 0.0420. The van der Waals surface area contributed by atoms with Gasteiger partial charge in [-0.3, -0.25) is 14.5 Å². The molecular weight excluding hydrogens is 352 g/mol. The molecule has 0 atom stereocenters. The molecule has 0 saturated carbocycles. The number of hydrogen-bond donors (Lipinski definition) is 0. The number of piperidine rings is 1. The molecule has 28 heavy (non-hydrogen) atoms. The summed E-state index contributed by atoms with van der Waals surface area (Å²) < 4.78 is 9.54. The molecule has 1 saturated heterocycles. The molecule has 0 bridgehead atoms. The van der Waals surface area contributed by atoms with Gasteiger partial charge in [0.1, 0.15) is 5.82 Å². The zero-order chi connectivity index (χ0) is 19.1. The highest BCUT2D eigenvalue weighted by Gasteiger charge is 2.46. The smallest absolute Gasteiger partial charge is 0.129 e. The van der Waals surface area contributed by atoms with E-state index in [9.17, 15) is 0 Å². The van der Waals surface area contributed by atoms with Gasteiger partial charge in [-0.15, -0.1) is 0 Å². The molecule has 0 radical (unpaired) electrons. The molecule has 1 fully saturated rings. The minimum Gasteiger partial charge on any atom is -0.472 e. The van der Waals surface area contributed by atoms with Crippen molar-refractivity contribution in [2.75, 3.05) is 26.2 Å². The topological polar surface area (TPSA) is 55.3 Å². The normalized spacial score (nSPS) is 19.9. The van der Waals surface area contributed by atoms with E-state index in [2.05, 4.69) is 38.7 Å². The van der Waals surface area contributed by atoms with Crippen LogP contribution in [0, 0.1) is 0 Å². The molecule has 5 rings (SSSR count). The SMILES string of the molecule is CCN1CCn2c(-c3cnn(C)c3)cnc2C12CCN(Cc1ccoc1)CC2. The van der Waals surface area contributed by atoms with E-state index in [1.807, 2.05) is 30.4 Å². The van der Waals surface area contributed by atoms with Crippen molar-refractivity contribution in [3.8, 4) is 11.3 Å². The van der Waals surface area contributed by atoms with Crippen LogP contribution in [0.3, 0.4) is 0 Å².